The molecule has 5 heteroatoms. The Balaban J connectivity index is 2.21. The second-order valence-electron chi connectivity index (χ2n) is 4.77. The van der Waals surface area contributed by atoms with Crippen molar-refractivity contribution in [2.75, 3.05) is 5.32 Å². The third-order valence-corrected chi connectivity index (χ3v) is 4.28. The van der Waals surface area contributed by atoms with Crippen molar-refractivity contribution in [2.24, 2.45) is 0 Å². The largest absolute Gasteiger partial charge is 0.321 e. The number of fused-ring (bicyclic) bond motifs is 1. The zero-order valence-electron chi connectivity index (χ0n) is 11.0. The molecule has 0 bridgehead atoms. The standard InChI is InChI=1S/C16H10BrF2NO/c1-8-12(17)3-5-14-15(8)11(16(21)20-14)7-9-6-10(18)2-4-13(9)19/h2-7H,1H3,(H,20,21). The number of anilines is 1. The number of hydrogen-bond acceptors (Lipinski definition) is 1. The molecule has 1 aliphatic heterocycles. The Morgan fingerprint density at radius 2 is 1.95 bits per heavy atom. The van der Waals surface area contributed by atoms with E-state index in [0.29, 0.717) is 16.8 Å². The van der Waals surface area contributed by atoms with Crippen LogP contribution in [0.1, 0.15) is 16.7 Å². The van der Waals surface area contributed by atoms with Crippen LogP contribution in [0.4, 0.5) is 14.5 Å². The number of nitrogens with one attached hydrogen (secondary N) is 1. The smallest absolute Gasteiger partial charge is 0.256 e. The van der Waals surface area contributed by atoms with Gasteiger partial charge in [0.15, 0.2) is 0 Å². The highest BCUT2D eigenvalue weighted by Gasteiger charge is 2.27. The maximum absolute atomic E-state index is 13.8. The molecule has 0 saturated carbocycles. The summed E-state index contributed by atoms with van der Waals surface area (Å²) in [4.78, 5) is 12.1. The van der Waals surface area contributed by atoms with Gasteiger partial charge in [0.25, 0.3) is 5.91 Å². The van der Waals surface area contributed by atoms with E-state index >= 15 is 0 Å². The molecule has 2 nitrogen and oxygen atoms in total. The predicted octanol–water partition coefficient (Wildman–Crippen LogP) is 4.53. The van der Waals surface area contributed by atoms with E-state index in [2.05, 4.69) is 21.2 Å². The second kappa shape index (κ2) is 5.07. The maximum Gasteiger partial charge on any atom is 0.256 e. The van der Waals surface area contributed by atoms with E-state index in [1.165, 1.54) is 6.08 Å². The van der Waals surface area contributed by atoms with E-state index in [-0.39, 0.29) is 11.5 Å². The van der Waals surface area contributed by atoms with E-state index in [1.54, 1.807) is 6.07 Å². The quantitative estimate of drug-likeness (QED) is 0.753. The molecule has 0 radical (unpaired) electrons. The van der Waals surface area contributed by atoms with Gasteiger partial charge in [-0.2, -0.15) is 0 Å². The normalized spacial score (nSPS) is 15.2. The van der Waals surface area contributed by atoms with Gasteiger partial charge in [0.1, 0.15) is 11.6 Å². The van der Waals surface area contributed by atoms with Crippen LogP contribution in [0.2, 0.25) is 0 Å². The molecule has 0 aromatic heterocycles. The van der Waals surface area contributed by atoms with Crippen LogP contribution in [-0.4, -0.2) is 5.91 Å². The van der Waals surface area contributed by atoms with Crippen molar-refractivity contribution in [1.29, 1.82) is 0 Å². The van der Waals surface area contributed by atoms with Gasteiger partial charge >= 0.3 is 0 Å². The van der Waals surface area contributed by atoms with Gasteiger partial charge < -0.3 is 5.32 Å². The topological polar surface area (TPSA) is 29.1 Å². The summed E-state index contributed by atoms with van der Waals surface area (Å²) in [5.41, 5.74) is 2.62. The Bertz CT molecular complexity index is 799. The lowest BCUT2D eigenvalue weighted by Gasteiger charge is -2.06. The van der Waals surface area contributed by atoms with Crippen molar-refractivity contribution >= 4 is 39.2 Å². The summed E-state index contributed by atoms with van der Waals surface area (Å²) in [6, 6.07) is 6.76. The fourth-order valence-electron chi connectivity index (χ4n) is 2.36. The second-order valence-corrected chi connectivity index (χ2v) is 5.63. The Morgan fingerprint density at radius 3 is 2.71 bits per heavy atom. The van der Waals surface area contributed by atoms with Gasteiger partial charge in [-0.15, -0.1) is 0 Å². The predicted molar refractivity (Wildman–Crippen MR) is 81.7 cm³/mol. The monoisotopic (exact) mass is 349 g/mol. The first-order valence-electron chi connectivity index (χ1n) is 6.25. The molecule has 1 aliphatic rings. The van der Waals surface area contributed by atoms with E-state index < -0.39 is 11.6 Å². The minimum atomic E-state index is -0.571. The molecule has 21 heavy (non-hydrogen) atoms. The molecule has 1 amide bonds. The molecule has 1 heterocycles. The molecule has 0 unspecified atom stereocenters. The van der Waals surface area contributed by atoms with Crippen molar-refractivity contribution in [1.82, 2.24) is 0 Å². The average Bonchev–Trinajstić information content (AvgIpc) is 2.75. The number of rotatable bonds is 1. The molecule has 0 aliphatic carbocycles. The summed E-state index contributed by atoms with van der Waals surface area (Å²) in [6.07, 6.45) is 1.37. The van der Waals surface area contributed by atoms with Gasteiger partial charge in [-0.1, -0.05) is 15.9 Å². The summed E-state index contributed by atoms with van der Waals surface area (Å²) in [7, 11) is 0. The van der Waals surface area contributed by atoms with E-state index in [4.69, 9.17) is 0 Å². The fourth-order valence-corrected chi connectivity index (χ4v) is 2.69. The van der Waals surface area contributed by atoms with Crippen molar-refractivity contribution in [3.05, 3.63) is 63.1 Å². The van der Waals surface area contributed by atoms with Crippen LogP contribution < -0.4 is 5.32 Å². The molecular weight excluding hydrogens is 340 g/mol. The summed E-state index contributed by atoms with van der Waals surface area (Å²) in [6.45, 7) is 1.86. The number of amides is 1. The van der Waals surface area contributed by atoms with Crippen LogP contribution in [0.3, 0.4) is 0 Å². The Labute approximate surface area is 128 Å². The van der Waals surface area contributed by atoms with Crippen molar-refractivity contribution in [3.8, 4) is 0 Å². The minimum Gasteiger partial charge on any atom is -0.321 e. The van der Waals surface area contributed by atoms with Crippen molar-refractivity contribution < 1.29 is 13.6 Å². The van der Waals surface area contributed by atoms with E-state index in [1.807, 2.05) is 13.0 Å². The van der Waals surface area contributed by atoms with Gasteiger partial charge in [-0.25, -0.2) is 8.78 Å². The first kappa shape index (κ1) is 13.9. The molecule has 0 spiro atoms. The molecule has 2 aromatic carbocycles. The summed E-state index contributed by atoms with van der Waals surface area (Å²) < 4.78 is 27.9. The summed E-state index contributed by atoms with van der Waals surface area (Å²) in [5, 5.41) is 2.73. The fraction of sp³-hybridized carbons (Fsp3) is 0.0625. The zero-order valence-corrected chi connectivity index (χ0v) is 12.6. The van der Waals surface area contributed by atoms with Crippen LogP contribution in [0.5, 0.6) is 0 Å². The SMILES string of the molecule is Cc1c(Br)ccc2c1C(=Cc1cc(F)ccc1F)C(=O)N2. The minimum absolute atomic E-state index is 0.0485. The first-order valence-corrected chi connectivity index (χ1v) is 7.04. The summed E-state index contributed by atoms with van der Waals surface area (Å²) in [5.74, 6) is -1.44. The van der Waals surface area contributed by atoms with Gasteiger partial charge in [-0.3, -0.25) is 4.79 Å². The molecule has 0 atom stereocenters. The molecule has 106 valence electrons. The number of hydrogen-bond donors (Lipinski definition) is 1. The Hall–Kier alpha value is -2.01. The van der Waals surface area contributed by atoms with Crippen molar-refractivity contribution in [3.63, 3.8) is 0 Å². The molecule has 0 saturated heterocycles. The molecular formula is C16H10BrF2NO. The lowest BCUT2D eigenvalue weighted by molar-refractivity contribution is -0.110. The molecule has 2 aromatic rings. The third kappa shape index (κ3) is 2.38. The van der Waals surface area contributed by atoms with Gasteiger partial charge in [-0.05, 0) is 48.9 Å². The van der Waals surface area contributed by atoms with Crippen LogP contribution in [0, 0.1) is 18.6 Å². The highest BCUT2D eigenvalue weighted by molar-refractivity contribution is 9.10. The number of carbonyl (C=O) groups is 1. The molecule has 0 fully saturated rings. The average molecular weight is 350 g/mol. The van der Waals surface area contributed by atoms with Crippen LogP contribution in [-0.2, 0) is 4.79 Å². The number of benzene rings is 2. The van der Waals surface area contributed by atoms with Crippen LogP contribution in [0.15, 0.2) is 34.8 Å². The molecule has 3 rings (SSSR count). The first-order chi connectivity index (χ1) is 9.97. The van der Waals surface area contributed by atoms with Crippen LogP contribution in [0.25, 0.3) is 11.6 Å². The van der Waals surface area contributed by atoms with Gasteiger partial charge in [0.05, 0.1) is 0 Å². The van der Waals surface area contributed by atoms with Gasteiger partial charge in [0.2, 0.25) is 0 Å². The van der Waals surface area contributed by atoms with E-state index in [9.17, 15) is 13.6 Å². The van der Waals surface area contributed by atoms with Crippen LogP contribution >= 0.6 is 15.9 Å². The summed E-state index contributed by atoms with van der Waals surface area (Å²) >= 11 is 3.41. The Morgan fingerprint density at radius 1 is 1.19 bits per heavy atom. The number of halogens is 3. The zero-order chi connectivity index (χ0) is 15.1. The van der Waals surface area contributed by atoms with Gasteiger partial charge in [0, 0.05) is 26.9 Å². The molecule has 1 N–H and O–H groups in total. The maximum atomic E-state index is 13.8. The number of carbonyl (C=O) groups excluding carboxylic acids is 1. The highest BCUT2D eigenvalue weighted by Crippen LogP contribution is 2.38. The third-order valence-electron chi connectivity index (χ3n) is 3.42. The van der Waals surface area contributed by atoms with Crippen molar-refractivity contribution in [2.45, 2.75) is 6.92 Å². The van der Waals surface area contributed by atoms with E-state index in [0.717, 1.165) is 28.2 Å². The highest BCUT2D eigenvalue weighted by atomic mass is 79.9. The lowest BCUT2D eigenvalue weighted by Crippen LogP contribution is -2.03. The lowest BCUT2D eigenvalue weighted by atomic mass is 9.99. The Kier molecular flexibility index (Phi) is 3.37.